The van der Waals surface area contributed by atoms with Crippen LogP contribution in [0.3, 0.4) is 0 Å². The van der Waals surface area contributed by atoms with E-state index in [1.54, 1.807) is 0 Å². The van der Waals surface area contributed by atoms with Crippen LogP contribution in [0.25, 0.3) is 11.4 Å². The molecule has 0 saturated heterocycles. The first-order chi connectivity index (χ1) is 10.2. The van der Waals surface area contributed by atoms with Gasteiger partial charge in [-0.15, -0.1) is 0 Å². The Kier molecular flexibility index (Phi) is 3.85. The van der Waals surface area contributed by atoms with E-state index in [1.807, 2.05) is 0 Å². The smallest absolute Gasteiger partial charge is 0.433 e. The summed E-state index contributed by atoms with van der Waals surface area (Å²) in [5.41, 5.74) is 3.95. The van der Waals surface area contributed by atoms with Gasteiger partial charge in [-0.3, -0.25) is 4.98 Å². The Morgan fingerprint density at radius 3 is 2.50 bits per heavy atom. The largest absolute Gasteiger partial charge is 0.503 e. The summed E-state index contributed by atoms with van der Waals surface area (Å²) < 4.78 is 41.8. The van der Waals surface area contributed by atoms with Crippen molar-refractivity contribution in [1.29, 1.82) is 0 Å². The molecule has 0 aliphatic rings. The van der Waals surface area contributed by atoms with Crippen LogP contribution >= 0.6 is 0 Å². The predicted octanol–water partition coefficient (Wildman–Crippen LogP) is 1.63. The van der Waals surface area contributed by atoms with Crippen LogP contribution in [0, 0.1) is 0 Å². The van der Waals surface area contributed by atoms with E-state index in [-0.39, 0.29) is 11.4 Å². The Morgan fingerprint density at radius 1 is 1.32 bits per heavy atom. The number of carbonyl (C=O) groups is 1. The van der Waals surface area contributed by atoms with Crippen LogP contribution in [0.1, 0.15) is 16.2 Å². The van der Waals surface area contributed by atoms with Gasteiger partial charge in [-0.05, 0) is 12.1 Å². The van der Waals surface area contributed by atoms with E-state index in [0.717, 1.165) is 25.4 Å². The molecule has 0 spiro atoms. The van der Waals surface area contributed by atoms with Gasteiger partial charge in [-0.25, -0.2) is 14.8 Å². The highest BCUT2D eigenvalue weighted by atomic mass is 19.4. The van der Waals surface area contributed by atoms with Crippen LogP contribution in [-0.2, 0) is 10.9 Å². The van der Waals surface area contributed by atoms with Crippen LogP contribution in [0.15, 0.2) is 18.3 Å². The lowest BCUT2D eigenvalue weighted by molar-refractivity contribution is -0.141. The number of pyridine rings is 1. The standard InChI is InChI=1S/C12H9F3N4O3/c1-22-11(21)7-8(20)9(16)19-10(18-7)5-2-3-6(17-4-5)12(13,14)15/h2-4,20H,1H3,(H2,16,18,19). The van der Waals surface area contributed by atoms with Crippen molar-refractivity contribution in [3.8, 4) is 17.1 Å². The third-order valence-corrected chi connectivity index (χ3v) is 2.60. The second-order valence-electron chi connectivity index (χ2n) is 4.05. The van der Waals surface area contributed by atoms with Crippen molar-refractivity contribution in [2.24, 2.45) is 0 Å². The number of carbonyl (C=O) groups excluding carboxylic acids is 1. The number of aromatic hydroxyl groups is 1. The summed E-state index contributed by atoms with van der Waals surface area (Å²) in [6, 6.07) is 1.81. The van der Waals surface area contributed by atoms with Crippen LogP contribution in [0.5, 0.6) is 5.75 Å². The third kappa shape index (κ3) is 2.90. The minimum atomic E-state index is -4.58. The maximum atomic E-state index is 12.4. The van der Waals surface area contributed by atoms with Gasteiger partial charge in [0.05, 0.1) is 7.11 Å². The Balaban J connectivity index is 2.49. The molecule has 0 aliphatic carbocycles. The number of nitrogens with two attached hydrogens (primary N) is 1. The zero-order chi connectivity index (χ0) is 16.5. The van der Waals surface area contributed by atoms with Crippen molar-refractivity contribution in [3.63, 3.8) is 0 Å². The highest BCUT2D eigenvalue weighted by Crippen LogP contribution is 2.30. The molecular formula is C12H9F3N4O3. The van der Waals surface area contributed by atoms with Crippen molar-refractivity contribution >= 4 is 11.8 Å². The monoisotopic (exact) mass is 314 g/mol. The lowest BCUT2D eigenvalue weighted by Crippen LogP contribution is -2.10. The average Bonchev–Trinajstić information content (AvgIpc) is 2.48. The lowest BCUT2D eigenvalue weighted by Gasteiger charge is -2.08. The van der Waals surface area contributed by atoms with Crippen molar-refractivity contribution in [1.82, 2.24) is 15.0 Å². The van der Waals surface area contributed by atoms with Crippen molar-refractivity contribution in [3.05, 3.63) is 29.7 Å². The molecule has 0 aliphatic heterocycles. The summed E-state index contributed by atoms with van der Waals surface area (Å²) in [5, 5.41) is 9.61. The highest BCUT2D eigenvalue weighted by molar-refractivity contribution is 5.92. The molecule has 10 heteroatoms. The fourth-order valence-corrected chi connectivity index (χ4v) is 1.53. The Bertz CT molecular complexity index is 717. The molecule has 0 bridgehead atoms. The fraction of sp³-hybridized carbons (Fsp3) is 0.167. The molecule has 0 fully saturated rings. The Morgan fingerprint density at radius 2 is 2.00 bits per heavy atom. The molecule has 2 heterocycles. The highest BCUT2D eigenvalue weighted by Gasteiger charge is 2.32. The maximum Gasteiger partial charge on any atom is 0.433 e. The Hall–Kier alpha value is -2.91. The van der Waals surface area contributed by atoms with Gasteiger partial charge in [0, 0.05) is 11.8 Å². The number of hydrogen-bond donors (Lipinski definition) is 2. The summed E-state index contributed by atoms with van der Waals surface area (Å²) in [6.45, 7) is 0. The van der Waals surface area contributed by atoms with E-state index < -0.39 is 35.1 Å². The maximum absolute atomic E-state index is 12.4. The molecule has 116 valence electrons. The Labute approximate surface area is 121 Å². The summed E-state index contributed by atoms with van der Waals surface area (Å²) in [6.07, 6.45) is -3.69. The number of ether oxygens (including phenoxy) is 1. The van der Waals surface area contributed by atoms with Gasteiger partial charge >= 0.3 is 12.1 Å². The first-order valence-corrected chi connectivity index (χ1v) is 5.72. The van der Waals surface area contributed by atoms with Crippen LogP contribution in [0.4, 0.5) is 19.0 Å². The molecule has 22 heavy (non-hydrogen) atoms. The van der Waals surface area contributed by atoms with Crippen LogP contribution in [-0.4, -0.2) is 33.1 Å². The number of halogens is 3. The van der Waals surface area contributed by atoms with Crippen molar-refractivity contribution in [2.45, 2.75) is 6.18 Å². The van der Waals surface area contributed by atoms with Gasteiger partial charge in [0.1, 0.15) is 5.69 Å². The molecule has 2 rings (SSSR count). The van der Waals surface area contributed by atoms with Gasteiger partial charge < -0.3 is 15.6 Å². The van der Waals surface area contributed by atoms with E-state index in [1.165, 1.54) is 0 Å². The quantitative estimate of drug-likeness (QED) is 0.810. The lowest BCUT2D eigenvalue weighted by atomic mass is 10.2. The molecule has 0 saturated carbocycles. The van der Waals surface area contributed by atoms with E-state index in [0.29, 0.717) is 0 Å². The second kappa shape index (κ2) is 5.47. The zero-order valence-corrected chi connectivity index (χ0v) is 11.0. The summed E-state index contributed by atoms with van der Waals surface area (Å²) in [4.78, 5) is 22.1. The van der Waals surface area contributed by atoms with E-state index >= 15 is 0 Å². The fourth-order valence-electron chi connectivity index (χ4n) is 1.53. The summed E-state index contributed by atoms with van der Waals surface area (Å²) in [5.74, 6) is -2.22. The average molecular weight is 314 g/mol. The number of nitrogens with zero attached hydrogens (tertiary/aromatic N) is 3. The van der Waals surface area contributed by atoms with E-state index in [4.69, 9.17) is 5.73 Å². The molecule has 0 aromatic carbocycles. The number of hydrogen-bond acceptors (Lipinski definition) is 7. The minimum Gasteiger partial charge on any atom is -0.503 e. The number of anilines is 1. The molecule has 0 amide bonds. The molecule has 0 unspecified atom stereocenters. The van der Waals surface area contributed by atoms with Crippen LogP contribution in [0.2, 0.25) is 0 Å². The van der Waals surface area contributed by atoms with Gasteiger partial charge in [0.25, 0.3) is 0 Å². The molecule has 0 radical (unpaired) electrons. The topological polar surface area (TPSA) is 111 Å². The number of nitrogen functional groups attached to an aromatic ring is 1. The summed E-state index contributed by atoms with van der Waals surface area (Å²) in [7, 11) is 1.07. The van der Waals surface area contributed by atoms with E-state index in [9.17, 15) is 23.1 Å². The number of methoxy groups -OCH3 is 1. The molecular weight excluding hydrogens is 305 g/mol. The molecule has 2 aromatic rings. The minimum absolute atomic E-state index is 0.0878. The van der Waals surface area contributed by atoms with Crippen molar-refractivity contribution in [2.75, 3.05) is 12.8 Å². The first-order valence-electron chi connectivity index (χ1n) is 5.72. The SMILES string of the molecule is COC(=O)c1nc(-c2ccc(C(F)(F)F)nc2)nc(N)c1O. The zero-order valence-electron chi connectivity index (χ0n) is 11.0. The van der Waals surface area contributed by atoms with Crippen molar-refractivity contribution < 1.29 is 27.8 Å². The number of esters is 1. The normalized spacial score (nSPS) is 11.3. The van der Waals surface area contributed by atoms with Gasteiger partial charge in [-0.1, -0.05) is 0 Å². The summed E-state index contributed by atoms with van der Waals surface area (Å²) >= 11 is 0. The first kappa shape index (κ1) is 15.5. The van der Waals surface area contributed by atoms with E-state index in [2.05, 4.69) is 19.7 Å². The molecule has 0 atom stereocenters. The molecule has 7 nitrogen and oxygen atoms in total. The molecule has 3 N–H and O–H groups in total. The number of alkyl halides is 3. The van der Waals surface area contributed by atoms with Crippen LogP contribution < -0.4 is 5.73 Å². The van der Waals surface area contributed by atoms with Gasteiger partial charge in [0.15, 0.2) is 23.1 Å². The predicted molar refractivity (Wildman–Crippen MR) is 67.7 cm³/mol. The third-order valence-electron chi connectivity index (χ3n) is 2.60. The van der Waals surface area contributed by atoms with Gasteiger partial charge in [-0.2, -0.15) is 13.2 Å². The number of rotatable bonds is 2. The second-order valence-corrected chi connectivity index (χ2v) is 4.05. The molecule has 2 aromatic heterocycles. The number of aromatic nitrogens is 3. The van der Waals surface area contributed by atoms with Gasteiger partial charge in [0.2, 0.25) is 0 Å².